The van der Waals surface area contributed by atoms with Crippen molar-refractivity contribution in [1.29, 1.82) is 0 Å². The van der Waals surface area contributed by atoms with Gasteiger partial charge in [-0.05, 0) is 25.3 Å². The highest BCUT2D eigenvalue weighted by Gasteiger charge is 2.35. The van der Waals surface area contributed by atoms with Crippen molar-refractivity contribution in [3.05, 3.63) is 0 Å². The van der Waals surface area contributed by atoms with E-state index in [9.17, 15) is 13.2 Å². The van der Waals surface area contributed by atoms with E-state index in [1.54, 1.807) is 0 Å². The molecule has 0 aromatic rings. The van der Waals surface area contributed by atoms with Crippen molar-refractivity contribution in [2.45, 2.75) is 37.9 Å². The Kier molecular flexibility index (Phi) is 5.09. The highest BCUT2D eigenvalue weighted by Crippen LogP contribution is 2.29. The van der Waals surface area contributed by atoms with Crippen LogP contribution in [0.1, 0.15) is 25.7 Å². The molecule has 0 amide bonds. The minimum absolute atomic E-state index is 0.492. The van der Waals surface area contributed by atoms with E-state index in [1.165, 1.54) is 24.2 Å². The van der Waals surface area contributed by atoms with Gasteiger partial charge in [0.05, 0.1) is 6.54 Å². The average Bonchev–Trinajstić information content (AvgIpc) is 2.38. The summed E-state index contributed by atoms with van der Waals surface area (Å²) in [7, 11) is 0. The molecule has 3 nitrogen and oxygen atoms in total. The molecule has 0 spiro atoms. The van der Waals surface area contributed by atoms with Crippen LogP contribution in [0.5, 0.6) is 0 Å². The maximum Gasteiger partial charge on any atom is 0.401 e. The zero-order valence-corrected chi connectivity index (χ0v) is 11.3. The molecule has 0 aromatic heterocycles. The van der Waals surface area contributed by atoms with Gasteiger partial charge in [0.25, 0.3) is 0 Å². The summed E-state index contributed by atoms with van der Waals surface area (Å²) in [5.41, 5.74) is 5.83. The van der Waals surface area contributed by atoms with Gasteiger partial charge in [-0.2, -0.15) is 13.2 Å². The largest absolute Gasteiger partial charge is 0.401 e. The summed E-state index contributed by atoms with van der Waals surface area (Å²) < 4.78 is 37.0. The lowest BCUT2D eigenvalue weighted by Gasteiger charge is -2.44. The highest BCUT2D eigenvalue weighted by atomic mass is 19.4. The molecule has 6 heteroatoms. The normalized spacial score (nSPS) is 31.6. The van der Waals surface area contributed by atoms with Gasteiger partial charge in [-0.15, -0.1) is 0 Å². The molecule has 1 heterocycles. The van der Waals surface area contributed by atoms with E-state index < -0.39 is 12.7 Å². The summed E-state index contributed by atoms with van der Waals surface area (Å²) in [4.78, 5) is 3.88. The van der Waals surface area contributed by atoms with Crippen LogP contribution in [0, 0.1) is 5.92 Å². The van der Waals surface area contributed by atoms with E-state index >= 15 is 0 Å². The topological polar surface area (TPSA) is 32.5 Å². The molecule has 0 bridgehead atoms. The average molecular weight is 279 g/mol. The summed E-state index contributed by atoms with van der Waals surface area (Å²) in [5, 5.41) is 0. The van der Waals surface area contributed by atoms with Gasteiger partial charge in [0.1, 0.15) is 0 Å². The maximum absolute atomic E-state index is 12.3. The predicted molar refractivity (Wildman–Crippen MR) is 68.9 cm³/mol. The van der Waals surface area contributed by atoms with Crippen molar-refractivity contribution in [3.8, 4) is 0 Å². The molecule has 2 atom stereocenters. The maximum atomic E-state index is 12.3. The molecule has 2 N–H and O–H groups in total. The van der Waals surface area contributed by atoms with Crippen molar-refractivity contribution < 1.29 is 13.2 Å². The van der Waals surface area contributed by atoms with E-state index in [0.29, 0.717) is 31.6 Å². The highest BCUT2D eigenvalue weighted by molar-refractivity contribution is 4.87. The van der Waals surface area contributed by atoms with Crippen LogP contribution in [0.2, 0.25) is 0 Å². The van der Waals surface area contributed by atoms with Crippen LogP contribution in [0.25, 0.3) is 0 Å². The molecule has 2 rings (SSSR count). The third-order valence-corrected chi connectivity index (χ3v) is 4.45. The molecule has 2 aliphatic rings. The van der Waals surface area contributed by atoms with Gasteiger partial charge >= 0.3 is 6.18 Å². The van der Waals surface area contributed by atoms with Gasteiger partial charge in [-0.3, -0.25) is 9.80 Å². The summed E-state index contributed by atoms with van der Waals surface area (Å²) in [6, 6.07) is 0.492. The molecule has 0 aromatic carbocycles. The first kappa shape index (κ1) is 15.1. The second-order valence-electron chi connectivity index (χ2n) is 5.77. The molecule has 1 aliphatic carbocycles. The molecule has 1 saturated heterocycles. The van der Waals surface area contributed by atoms with Gasteiger partial charge < -0.3 is 5.73 Å². The standard InChI is InChI=1S/C13H24F3N3/c14-13(15,16)10-18-5-7-19(8-6-18)12-4-2-1-3-11(12)9-17/h11-12H,1-10,17H2. The fourth-order valence-corrected chi connectivity index (χ4v) is 3.45. The Labute approximate surface area is 112 Å². The van der Waals surface area contributed by atoms with Gasteiger partial charge in [0, 0.05) is 32.2 Å². The third-order valence-electron chi connectivity index (χ3n) is 4.45. The van der Waals surface area contributed by atoms with Crippen LogP contribution in [-0.4, -0.2) is 61.3 Å². The summed E-state index contributed by atoms with van der Waals surface area (Å²) in [6.45, 7) is 2.47. The summed E-state index contributed by atoms with van der Waals surface area (Å²) >= 11 is 0. The molecular weight excluding hydrogens is 255 g/mol. The first-order chi connectivity index (χ1) is 8.99. The fraction of sp³-hybridized carbons (Fsp3) is 1.00. The van der Waals surface area contributed by atoms with Crippen LogP contribution in [0.3, 0.4) is 0 Å². The second kappa shape index (κ2) is 6.41. The van der Waals surface area contributed by atoms with E-state index in [0.717, 1.165) is 19.5 Å². The minimum Gasteiger partial charge on any atom is -0.330 e. The number of nitrogens with two attached hydrogens (primary N) is 1. The van der Waals surface area contributed by atoms with E-state index in [1.807, 2.05) is 0 Å². The van der Waals surface area contributed by atoms with Crippen molar-refractivity contribution in [2.24, 2.45) is 11.7 Å². The Morgan fingerprint density at radius 2 is 1.63 bits per heavy atom. The Morgan fingerprint density at radius 1 is 1.00 bits per heavy atom. The molecular formula is C13H24F3N3. The first-order valence-corrected chi connectivity index (χ1v) is 7.23. The number of nitrogens with zero attached hydrogens (tertiary/aromatic N) is 2. The van der Waals surface area contributed by atoms with E-state index in [-0.39, 0.29) is 0 Å². The Morgan fingerprint density at radius 3 is 2.21 bits per heavy atom. The molecule has 0 radical (unpaired) electrons. The fourth-order valence-electron chi connectivity index (χ4n) is 3.45. The summed E-state index contributed by atoms with van der Waals surface area (Å²) in [6.07, 6.45) is 0.716. The predicted octanol–water partition coefficient (Wildman–Crippen LogP) is 1.68. The first-order valence-electron chi connectivity index (χ1n) is 7.23. The molecule has 2 unspecified atom stereocenters. The smallest absolute Gasteiger partial charge is 0.330 e. The molecule has 112 valence electrons. The van der Waals surface area contributed by atoms with Gasteiger partial charge in [0.15, 0.2) is 0 Å². The molecule has 2 fully saturated rings. The molecule has 1 saturated carbocycles. The zero-order valence-electron chi connectivity index (χ0n) is 11.3. The Balaban J connectivity index is 1.82. The number of hydrogen-bond donors (Lipinski definition) is 1. The Hall–Kier alpha value is -0.330. The van der Waals surface area contributed by atoms with Crippen molar-refractivity contribution in [3.63, 3.8) is 0 Å². The monoisotopic (exact) mass is 279 g/mol. The number of alkyl halides is 3. The van der Waals surface area contributed by atoms with Gasteiger partial charge in [-0.1, -0.05) is 12.8 Å². The lowest BCUT2D eigenvalue weighted by atomic mass is 9.83. The number of halogens is 3. The lowest BCUT2D eigenvalue weighted by Crippen LogP contribution is -2.55. The van der Waals surface area contributed by atoms with Crippen molar-refractivity contribution in [2.75, 3.05) is 39.3 Å². The Bertz CT molecular complexity index is 275. The van der Waals surface area contributed by atoms with Crippen LogP contribution in [0.4, 0.5) is 13.2 Å². The van der Waals surface area contributed by atoms with Crippen molar-refractivity contribution >= 4 is 0 Å². The zero-order chi connectivity index (χ0) is 13.9. The lowest BCUT2D eigenvalue weighted by molar-refractivity contribution is -0.150. The number of piperazine rings is 1. The van der Waals surface area contributed by atoms with E-state index in [2.05, 4.69) is 4.90 Å². The number of hydrogen-bond acceptors (Lipinski definition) is 3. The minimum atomic E-state index is -4.08. The van der Waals surface area contributed by atoms with Crippen molar-refractivity contribution in [1.82, 2.24) is 9.80 Å². The second-order valence-corrected chi connectivity index (χ2v) is 5.77. The van der Waals surface area contributed by atoms with Gasteiger partial charge in [-0.25, -0.2) is 0 Å². The quantitative estimate of drug-likeness (QED) is 0.853. The number of rotatable bonds is 3. The van der Waals surface area contributed by atoms with E-state index in [4.69, 9.17) is 5.73 Å². The van der Waals surface area contributed by atoms with Crippen LogP contribution in [0.15, 0.2) is 0 Å². The van der Waals surface area contributed by atoms with Gasteiger partial charge in [0.2, 0.25) is 0 Å². The van der Waals surface area contributed by atoms with Crippen LogP contribution < -0.4 is 5.73 Å². The SMILES string of the molecule is NCC1CCCCC1N1CCN(CC(F)(F)F)CC1. The molecule has 1 aliphatic heterocycles. The summed E-state index contributed by atoms with van der Waals surface area (Å²) in [5.74, 6) is 0.530. The third kappa shape index (κ3) is 4.33. The molecule has 19 heavy (non-hydrogen) atoms. The van der Waals surface area contributed by atoms with Crippen LogP contribution in [-0.2, 0) is 0 Å². The van der Waals surface area contributed by atoms with Crippen LogP contribution >= 0.6 is 0 Å².